The smallest absolute Gasteiger partial charge is 0.444 e. The normalized spacial score (nSPS) is 14.2. The first-order valence-electron chi connectivity index (χ1n) is 10.2. The zero-order chi connectivity index (χ0) is 26.8. The van der Waals surface area contributed by atoms with Crippen LogP contribution < -0.4 is 4.72 Å². The van der Waals surface area contributed by atoms with Crippen molar-refractivity contribution >= 4 is 45.0 Å². The third-order valence-corrected chi connectivity index (χ3v) is 6.57. The van der Waals surface area contributed by atoms with E-state index in [1.54, 1.807) is 26.8 Å². The van der Waals surface area contributed by atoms with E-state index in [0.717, 1.165) is 12.1 Å². The number of carbonyl (C=O) groups excluding carboxylic acids is 1. The Labute approximate surface area is 211 Å². The lowest BCUT2D eigenvalue weighted by Gasteiger charge is -2.30. The molecule has 2 aromatic rings. The van der Waals surface area contributed by atoms with E-state index < -0.39 is 44.9 Å². The van der Waals surface area contributed by atoms with Gasteiger partial charge in [0.05, 0.1) is 16.1 Å². The molecule has 0 fully saturated rings. The Morgan fingerprint density at radius 2 is 1.71 bits per heavy atom. The van der Waals surface area contributed by atoms with Crippen LogP contribution in [0.25, 0.3) is 0 Å². The molecule has 0 heterocycles. The minimum atomic E-state index is -5.66. The number of anilines is 1. The summed E-state index contributed by atoms with van der Waals surface area (Å²) in [6, 6.07) is 9.47. The highest BCUT2D eigenvalue weighted by atomic mass is 35.5. The number of halogens is 5. The van der Waals surface area contributed by atoms with Crippen LogP contribution in [0.1, 0.15) is 43.9 Å². The van der Waals surface area contributed by atoms with E-state index in [1.807, 2.05) is 0 Å². The summed E-state index contributed by atoms with van der Waals surface area (Å²) in [7, 11) is -4.20. The van der Waals surface area contributed by atoms with Crippen molar-refractivity contribution < 1.29 is 36.2 Å². The first kappa shape index (κ1) is 29.0. The van der Waals surface area contributed by atoms with Gasteiger partial charge in [0.15, 0.2) is 0 Å². The van der Waals surface area contributed by atoms with Crippen LogP contribution in [0.2, 0.25) is 10.0 Å². The van der Waals surface area contributed by atoms with Crippen LogP contribution in [0, 0.1) is 0 Å². The van der Waals surface area contributed by atoms with E-state index in [4.69, 9.17) is 27.9 Å². The number of nitrogens with one attached hydrogen (secondary N) is 1. The van der Waals surface area contributed by atoms with Gasteiger partial charge in [-0.15, -0.1) is 0 Å². The summed E-state index contributed by atoms with van der Waals surface area (Å²) in [5, 5.41) is 11.6. The zero-order valence-electron chi connectivity index (χ0n) is 19.2. The summed E-state index contributed by atoms with van der Waals surface area (Å²) in [6.45, 7) is 5.00. The second kappa shape index (κ2) is 10.8. The lowest BCUT2D eigenvalue weighted by atomic mass is 9.88. The van der Waals surface area contributed by atoms with Gasteiger partial charge in [-0.05, 0) is 56.2 Å². The van der Waals surface area contributed by atoms with Gasteiger partial charge in [-0.3, -0.25) is 4.72 Å². The Bertz CT molecular complexity index is 1170. The summed E-state index contributed by atoms with van der Waals surface area (Å²) in [6.07, 6.45) is -2.05. The van der Waals surface area contributed by atoms with Crippen LogP contribution in [0.3, 0.4) is 0 Å². The monoisotopic (exact) mass is 556 g/mol. The van der Waals surface area contributed by atoms with E-state index >= 15 is 0 Å². The number of sulfonamides is 1. The van der Waals surface area contributed by atoms with Gasteiger partial charge in [0, 0.05) is 25.2 Å². The van der Waals surface area contributed by atoms with Crippen molar-refractivity contribution in [2.75, 3.05) is 18.3 Å². The number of amides is 1. The number of aliphatic hydroxyl groups is 1. The van der Waals surface area contributed by atoms with Gasteiger partial charge in [0.1, 0.15) is 5.60 Å². The maximum atomic E-state index is 12.8. The molecule has 0 spiro atoms. The predicted molar refractivity (Wildman–Crippen MR) is 128 cm³/mol. The molecule has 13 heteroatoms. The Morgan fingerprint density at radius 3 is 2.26 bits per heavy atom. The second-order valence-electron chi connectivity index (χ2n) is 8.76. The quantitative estimate of drug-likeness (QED) is 0.440. The van der Waals surface area contributed by atoms with Crippen LogP contribution in [-0.4, -0.2) is 49.2 Å². The van der Waals surface area contributed by atoms with Crippen LogP contribution >= 0.6 is 23.2 Å². The van der Waals surface area contributed by atoms with Crippen molar-refractivity contribution in [2.45, 2.75) is 43.9 Å². The van der Waals surface area contributed by atoms with Crippen molar-refractivity contribution in [1.29, 1.82) is 0 Å². The van der Waals surface area contributed by atoms with E-state index in [2.05, 4.69) is 0 Å². The Hall–Kier alpha value is -2.21. The third-order valence-electron chi connectivity index (χ3n) is 4.71. The van der Waals surface area contributed by atoms with Crippen LogP contribution in [-0.2, 0) is 14.8 Å². The van der Waals surface area contributed by atoms with Gasteiger partial charge < -0.3 is 14.7 Å². The van der Waals surface area contributed by atoms with E-state index in [-0.39, 0.29) is 22.2 Å². The number of hydrogen-bond acceptors (Lipinski definition) is 5. The molecule has 7 nitrogen and oxygen atoms in total. The van der Waals surface area contributed by atoms with E-state index in [1.165, 1.54) is 40.9 Å². The molecule has 2 aromatic carbocycles. The summed E-state index contributed by atoms with van der Waals surface area (Å²) in [4.78, 5) is 13.7. The molecular weight excluding hydrogens is 532 g/mol. The highest BCUT2D eigenvalue weighted by molar-refractivity contribution is 7.93. The number of rotatable bonds is 7. The van der Waals surface area contributed by atoms with E-state index in [0.29, 0.717) is 5.56 Å². The molecule has 2 unspecified atom stereocenters. The minimum Gasteiger partial charge on any atom is -0.444 e. The lowest BCUT2D eigenvalue weighted by molar-refractivity contribution is -0.0429. The number of ether oxygens (including phenoxy) is 1. The van der Waals surface area contributed by atoms with Crippen molar-refractivity contribution in [2.24, 2.45) is 0 Å². The molecule has 0 aliphatic carbocycles. The molecule has 0 bridgehead atoms. The second-order valence-corrected chi connectivity index (χ2v) is 11.3. The third kappa shape index (κ3) is 7.89. The molecule has 2 atom stereocenters. The van der Waals surface area contributed by atoms with Gasteiger partial charge >= 0.3 is 21.6 Å². The number of hydrogen-bond donors (Lipinski definition) is 2. The van der Waals surface area contributed by atoms with Gasteiger partial charge in [0.25, 0.3) is 0 Å². The average molecular weight is 557 g/mol. The number of alkyl halides is 3. The summed E-state index contributed by atoms with van der Waals surface area (Å²) in [5.41, 5.74) is -6.11. The highest BCUT2D eigenvalue weighted by Gasteiger charge is 2.46. The predicted octanol–water partition coefficient (Wildman–Crippen LogP) is 5.94. The van der Waals surface area contributed by atoms with Crippen molar-refractivity contribution in [1.82, 2.24) is 4.90 Å². The molecule has 0 aliphatic heterocycles. The van der Waals surface area contributed by atoms with Crippen LogP contribution in [0.5, 0.6) is 0 Å². The fourth-order valence-electron chi connectivity index (χ4n) is 3.07. The molecule has 0 aromatic heterocycles. The van der Waals surface area contributed by atoms with Crippen molar-refractivity contribution in [3.8, 4) is 0 Å². The van der Waals surface area contributed by atoms with Crippen LogP contribution in [0.15, 0.2) is 42.5 Å². The maximum absolute atomic E-state index is 12.8. The summed E-state index contributed by atoms with van der Waals surface area (Å²) < 4.78 is 68.0. The number of likely N-dealkylation sites (N-methyl/N-ethyl adjacent to an activating group) is 1. The Kier molecular flexibility index (Phi) is 8.97. The first-order chi connectivity index (χ1) is 15.9. The largest absolute Gasteiger partial charge is 0.516 e. The summed E-state index contributed by atoms with van der Waals surface area (Å²) >= 11 is 12.1. The molecule has 0 radical (unpaired) electrons. The van der Waals surface area contributed by atoms with Gasteiger partial charge in [0.2, 0.25) is 0 Å². The fourth-order valence-corrected chi connectivity index (χ4v) is 3.93. The number of benzene rings is 2. The molecule has 0 saturated heterocycles. The number of nitrogens with zero attached hydrogens (tertiary/aromatic N) is 1. The number of aliphatic hydroxyl groups excluding tert-OH is 1. The molecule has 1 amide bonds. The van der Waals surface area contributed by atoms with Crippen molar-refractivity contribution in [3.63, 3.8) is 0 Å². The Morgan fingerprint density at radius 1 is 1.09 bits per heavy atom. The lowest BCUT2D eigenvalue weighted by Crippen LogP contribution is -2.37. The van der Waals surface area contributed by atoms with Gasteiger partial charge in [-0.25, -0.2) is 4.79 Å². The molecule has 0 aliphatic rings. The number of carbonyl (C=O) groups is 1. The molecule has 2 rings (SSSR count). The zero-order valence-corrected chi connectivity index (χ0v) is 21.6. The van der Waals surface area contributed by atoms with Crippen LogP contribution in [0.4, 0.5) is 23.7 Å². The Balaban J connectivity index is 2.43. The van der Waals surface area contributed by atoms with Gasteiger partial charge in [-0.2, -0.15) is 21.6 Å². The molecule has 0 saturated carbocycles. The molecule has 2 N–H and O–H groups in total. The molecule has 35 heavy (non-hydrogen) atoms. The highest BCUT2D eigenvalue weighted by Crippen LogP contribution is 2.36. The topological polar surface area (TPSA) is 95.9 Å². The average Bonchev–Trinajstić information content (AvgIpc) is 2.71. The van der Waals surface area contributed by atoms with Gasteiger partial charge in [-0.1, -0.05) is 41.4 Å². The minimum absolute atomic E-state index is 0.0768. The van der Waals surface area contributed by atoms with E-state index in [9.17, 15) is 31.5 Å². The van der Waals surface area contributed by atoms with Crippen molar-refractivity contribution in [3.05, 3.63) is 63.6 Å². The molecular formula is C22H25Cl2F3N2O5S. The SMILES string of the molecule is CN(CC(c1ccc(Cl)c(Cl)c1)C(O)c1cccc(NS(=O)(=O)C(F)(F)F)c1)C(=O)OC(C)(C)C. The maximum Gasteiger partial charge on any atom is 0.516 e. The first-order valence-corrected chi connectivity index (χ1v) is 12.4. The standard InChI is InChI=1S/C22H25Cl2F3N2O5S/c1-21(2,3)34-20(31)29(4)12-16(13-8-9-17(23)18(24)11-13)19(30)14-6-5-7-15(10-14)28-35(32,33)22(25,26)27/h5-11,16,19,28,30H,12H2,1-4H3. The fraction of sp³-hybridized carbons (Fsp3) is 0.409. The summed E-state index contributed by atoms with van der Waals surface area (Å²) in [5.74, 6) is -0.836. The molecule has 194 valence electrons.